The van der Waals surface area contributed by atoms with Crippen LogP contribution in [0.2, 0.25) is 0 Å². The van der Waals surface area contributed by atoms with E-state index < -0.39 is 0 Å². The first-order valence-corrected chi connectivity index (χ1v) is 5.47. The molecule has 0 unspecified atom stereocenters. The van der Waals surface area contributed by atoms with Gasteiger partial charge in [-0.15, -0.1) is 0 Å². The smallest absolute Gasteiger partial charge is 0.180 e. The van der Waals surface area contributed by atoms with Crippen LogP contribution in [0.4, 0.5) is 0 Å². The molecule has 0 bridgehead atoms. The summed E-state index contributed by atoms with van der Waals surface area (Å²) in [6.07, 6.45) is 4.45. The Morgan fingerprint density at radius 2 is 2.17 bits per heavy atom. The van der Waals surface area contributed by atoms with Crippen LogP contribution in [0.3, 0.4) is 0 Å². The molecular weight excluding hydrogens is 170 g/mol. The summed E-state index contributed by atoms with van der Waals surface area (Å²) in [5, 5.41) is 10.3. The Morgan fingerprint density at radius 3 is 2.58 bits per heavy atom. The van der Waals surface area contributed by atoms with E-state index in [1.54, 1.807) is 11.8 Å². The van der Waals surface area contributed by atoms with E-state index in [1.165, 1.54) is 12.8 Å². The fourth-order valence-corrected chi connectivity index (χ4v) is 1.19. The topological polar surface area (TPSA) is 27.6 Å². The highest BCUT2D eigenvalue weighted by molar-refractivity contribution is 8.13. The van der Waals surface area contributed by atoms with Gasteiger partial charge in [0.2, 0.25) is 0 Å². The number of hydrogen-bond donors (Lipinski definition) is 1. The first-order chi connectivity index (χ1) is 5.70. The monoisotopic (exact) mass is 189 g/mol. The summed E-state index contributed by atoms with van der Waals surface area (Å²) in [6, 6.07) is 0. The number of unbranched alkanes of at least 4 members (excludes halogenated alkanes) is 1. The van der Waals surface area contributed by atoms with Gasteiger partial charge in [-0.1, -0.05) is 25.1 Å². The van der Waals surface area contributed by atoms with Crippen LogP contribution in [-0.2, 0) is 0 Å². The van der Waals surface area contributed by atoms with Crippen LogP contribution in [0.25, 0.3) is 0 Å². The first kappa shape index (κ1) is 11.6. The van der Waals surface area contributed by atoms with Gasteiger partial charge in [0.05, 0.1) is 0 Å². The molecule has 0 radical (unpaired) electrons. The molecule has 0 aromatic heterocycles. The second kappa shape index (κ2) is 7.28. The van der Waals surface area contributed by atoms with E-state index in [9.17, 15) is 0 Å². The predicted molar refractivity (Wildman–Crippen MR) is 57.5 cm³/mol. The van der Waals surface area contributed by atoms with Crippen LogP contribution in [-0.4, -0.2) is 37.1 Å². The third kappa shape index (κ3) is 6.34. The molecule has 3 nitrogen and oxygen atoms in total. The maximum Gasteiger partial charge on any atom is 0.180 e. The minimum Gasteiger partial charge on any atom is -0.363 e. The molecule has 0 aromatic rings. The highest BCUT2D eigenvalue weighted by atomic mass is 32.2. The summed E-state index contributed by atoms with van der Waals surface area (Å²) in [5.74, 6) is 0. The summed E-state index contributed by atoms with van der Waals surface area (Å²) >= 11 is 1.65. The second-order valence-corrected chi connectivity index (χ2v) is 3.53. The molecule has 12 heavy (non-hydrogen) atoms. The van der Waals surface area contributed by atoms with Gasteiger partial charge in [-0.25, -0.2) is 0 Å². The Labute approximate surface area is 79.6 Å². The van der Waals surface area contributed by atoms with Gasteiger partial charge in [-0.3, -0.25) is 0 Å². The minimum absolute atomic E-state index is 0.994. The van der Waals surface area contributed by atoms with Gasteiger partial charge >= 0.3 is 0 Å². The van der Waals surface area contributed by atoms with Crippen molar-refractivity contribution in [1.29, 1.82) is 0 Å². The molecule has 0 fully saturated rings. The summed E-state index contributed by atoms with van der Waals surface area (Å²) in [4.78, 5) is 0. The Bertz CT molecular complexity index is 134. The molecular formula is C8H19N3S. The third-order valence-corrected chi connectivity index (χ3v) is 1.90. The van der Waals surface area contributed by atoms with Crippen LogP contribution in [0, 0.1) is 0 Å². The third-order valence-electron chi connectivity index (χ3n) is 1.29. The van der Waals surface area contributed by atoms with Gasteiger partial charge < -0.3 is 10.3 Å². The van der Waals surface area contributed by atoms with Gasteiger partial charge in [-0.05, 0) is 12.7 Å². The summed E-state index contributed by atoms with van der Waals surface area (Å²) in [5.41, 5.74) is 0. The van der Waals surface area contributed by atoms with Crippen LogP contribution in [0.15, 0.2) is 5.10 Å². The number of rotatable bonds is 4. The molecule has 0 aliphatic heterocycles. The summed E-state index contributed by atoms with van der Waals surface area (Å²) < 4.78 is 0. The van der Waals surface area contributed by atoms with E-state index in [4.69, 9.17) is 0 Å². The Balaban J connectivity index is 3.67. The van der Waals surface area contributed by atoms with Crippen molar-refractivity contribution in [2.24, 2.45) is 5.10 Å². The SMILES string of the molecule is CCCCN/C(=N/N(C)C)SC. The molecule has 0 heterocycles. The van der Waals surface area contributed by atoms with Crippen molar-refractivity contribution in [2.45, 2.75) is 19.8 Å². The Kier molecular flexibility index (Phi) is 7.05. The number of nitrogens with zero attached hydrogens (tertiary/aromatic N) is 2. The average Bonchev–Trinajstić information content (AvgIpc) is 2.02. The molecule has 0 rings (SSSR count). The molecule has 0 saturated heterocycles. The Hall–Kier alpha value is -0.380. The largest absolute Gasteiger partial charge is 0.363 e. The lowest BCUT2D eigenvalue weighted by Gasteiger charge is -2.10. The van der Waals surface area contributed by atoms with Crippen LogP contribution >= 0.6 is 11.8 Å². The standard InChI is InChI=1S/C8H19N3S/c1-5-6-7-9-8(12-4)10-11(2)3/h5-7H2,1-4H3,(H,9,10). The lowest BCUT2D eigenvalue weighted by atomic mass is 10.3. The van der Waals surface area contributed by atoms with E-state index >= 15 is 0 Å². The lowest BCUT2D eigenvalue weighted by molar-refractivity contribution is 0.436. The molecule has 0 saturated carbocycles. The summed E-state index contributed by atoms with van der Waals surface area (Å²) in [7, 11) is 3.86. The average molecular weight is 189 g/mol. The van der Waals surface area contributed by atoms with E-state index in [0.29, 0.717) is 0 Å². The lowest BCUT2D eigenvalue weighted by Crippen LogP contribution is -2.23. The predicted octanol–water partition coefficient (Wildman–Crippen LogP) is 1.57. The zero-order valence-electron chi connectivity index (χ0n) is 8.42. The molecule has 0 amide bonds. The number of nitrogens with one attached hydrogen (secondary N) is 1. The van der Waals surface area contributed by atoms with Crippen molar-refractivity contribution >= 4 is 16.9 Å². The maximum atomic E-state index is 4.27. The minimum atomic E-state index is 0.994. The van der Waals surface area contributed by atoms with Crippen molar-refractivity contribution in [1.82, 2.24) is 10.3 Å². The van der Waals surface area contributed by atoms with Crippen molar-refractivity contribution in [3.05, 3.63) is 0 Å². The highest BCUT2D eigenvalue weighted by Gasteiger charge is 1.94. The molecule has 0 aromatic carbocycles. The van der Waals surface area contributed by atoms with E-state index in [1.807, 2.05) is 25.4 Å². The van der Waals surface area contributed by atoms with Gasteiger partial charge in [0.15, 0.2) is 5.17 Å². The molecule has 0 aliphatic carbocycles. The molecule has 1 N–H and O–H groups in total. The quantitative estimate of drug-likeness (QED) is 0.315. The zero-order chi connectivity index (χ0) is 9.40. The summed E-state index contributed by atoms with van der Waals surface area (Å²) in [6.45, 7) is 3.20. The molecule has 0 atom stereocenters. The number of thioether (sulfide) groups is 1. The van der Waals surface area contributed by atoms with Crippen molar-refractivity contribution in [3.8, 4) is 0 Å². The fraction of sp³-hybridized carbons (Fsp3) is 0.875. The van der Waals surface area contributed by atoms with E-state index in [-0.39, 0.29) is 0 Å². The zero-order valence-corrected chi connectivity index (χ0v) is 9.24. The van der Waals surface area contributed by atoms with Gasteiger partial charge in [0, 0.05) is 20.6 Å². The van der Waals surface area contributed by atoms with E-state index in [0.717, 1.165) is 11.7 Å². The number of hydrazone groups is 1. The molecule has 4 heteroatoms. The second-order valence-electron chi connectivity index (χ2n) is 2.74. The van der Waals surface area contributed by atoms with Crippen molar-refractivity contribution < 1.29 is 0 Å². The van der Waals surface area contributed by atoms with Crippen LogP contribution in [0.5, 0.6) is 0 Å². The van der Waals surface area contributed by atoms with Crippen molar-refractivity contribution in [3.63, 3.8) is 0 Å². The normalized spacial score (nSPS) is 11.5. The van der Waals surface area contributed by atoms with Gasteiger partial charge in [-0.2, -0.15) is 5.10 Å². The van der Waals surface area contributed by atoms with Crippen LogP contribution in [0.1, 0.15) is 19.8 Å². The van der Waals surface area contributed by atoms with Gasteiger partial charge in [0.1, 0.15) is 0 Å². The number of hydrogen-bond acceptors (Lipinski definition) is 3. The van der Waals surface area contributed by atoms with Crippen LogP contribution < -0.4 is 5.32 Å². The fourth-order valence-electron chi connectivity index (χ4n) is 0.702. The van der Waals surface area contributed by atoms with Crippen molar-refractivity contribution in [2.75, 3.05) is 26.9 Å². The number of amidine groups is 1. The molecule has 0 spiro atoms. The molecule has 0 aliphatic rings. The maximum absolute atomic E-state index is 4.27. The van der Waals surface area contributed by atoms with E-state index in [2.05, 4.69) is 17.3 Å². The highest BCUT2D eigenvalue weighted by Crippen LogP contribution is 1.96. The molecule has 72 valence electrons. The Morgan fingerprint density at radius 1 is 1.50 bits per heavy atom. The first-order valence-electron chi connectivity index (χ1n) is 4.24. The van der Waals surface area contributed by atoms with Gasteiger partial charge in [0.25, 0.3) is 0 Å².